The molecule has 2 nitrogen and oxygen atoms in total. The molecule has 0 aliphatic heterocycles. The molecule has 1 aliphatic rings. The van der Waals surface area contributed by atoms with Gasteiger partial charge in [-0.15, -0.1) is 11.6 Å². The third-order valence-corrected chi connectivity index (χ3v) is 2.73. The van der Waals surface area contributed by atoms with Gasteiger partial charge in [-0.05, 0) is 12.8 Å². The summed E-state index contributed by atoms with van der Waals surface area (Å²) in [4.78, 5) is 10.4. The average Bonchev–Trinajstić information content (AvgIpc) is 2.04. The van der Waals surface area contributed by atoms with E-state index in [2.05, 4.69) is 4.74 Å². The fourth-order valence-corrected chi connectivity index (χ4v) is 1.84. The minimum atomic E-state index is -0.701. The number of esters is 1. The Morgan fingerprint density at radius 3 is 2.36 bits per heavy atom. The highest BCUT2D eigenvalue weighted by Crippen LogP contribution is 2.34. The summed E-state index contributed by atoms with van der Waals surface area (Å²) in [6, 6.07) is 0. The summed E-state index contributed by atoms with van der Waals surface area (Å²) in [5, 5.41) is 0. The molecule has 0 radical (unpaired) electrons. The third kappa shape index (κ3) is 1.86. The molecule has 1 fully saturated rings. The minimum Gasteiger partial charge on any atom is -0.468 e. The summed E-state index contributed by atoms with van der Waals surface area (Å²) >= 11 is 6.05. The molecule has 0 bridgehead atoms. The lowest BCUT2D eigenvalue weighted by atomic mass is 9.88. The van der Waals surface area contributed by atoms with Gasteiger partial charge in [-0.25, -0.2) is 0 Å². The van der Waals surface area contributed by atoms with Crippen LogP contribution in [0.3, 0.4) is 0 Å². The zero-order valence-electron chi connectivity index (χ0n) is 6.73. The van der Waals surface area contributed by atoms with Crippen molar-refractivity contribution in [3.8, 4) is 0 Å². The second-order valence-corrected chi connectivity index (χ2v) is 3.74. The summed E-state index contributed by atoms with van der Waals surface area (Å²) in [6.45, 7) is 0. The Kier molecular flexibility index (Phi) is 2.77. The number of alkyl halides is 1. The zero-order valence-corrected chi connectivity index (χ0v) is 7.49. The zero-order chi connectivity index (χ0) is 8.32. The Labute approximate surface area is 71.9 Å². The topological polar surface area (TPSA) is 26.3 Å². The van der Waals surface area contributed by atoms with Crippen molar-refractivity contribution < 1.29 is 9.53 Å². The van der Waals surface area contributed by atoms with Crippen molar-refractivity contribution in [2.24, 2.45) is 0 Å². The molecule has 0 atom stereocenters. The second kappa shape index (κ2) is 3.44. The van der Waals surface area contributed by atoms with E-state index in [9.17, 15) is 4.79 Å². The molecule has 0 aromatic rings. The van der Waals surface area contributed by atoms with Crippen LogP contribution in [0.25, 0.3) is 0 Å². The van der Waals surface area contributed by atoms with Crippen LogP contribution in [-0.2, 0) is 9.53 Å². The van der Waals surface area contributed by atoms with Gasteiger partial charge in [0, 0.05) is 0 Å². The molecule has 0 spiro atoms. The highest BCUT2D eigenvalue weighted by Gasteiger charge is 2.38. The van der Waals surface area contributed by atoms with Gasteiger partial charge in [0.1, 0.15) is 4.87 Å². The normalized spacial score (nSPS) is 22.7. The Balaban J connectivity index is 2.56. The molecule has 3 heteroatoms. The molecule has 64 valence electrons. The molecule has 0 aromatic heterocycles. The lowest BCUT2D eigenvalue weighted by Gasteiger charge is -2.27. The van der Waals surface area contributed by atoms with Gasteiger partial charge in [-0.3, -0.25) is 4.79 Å². The van der Waals surface area contributed by atoms with Crippen molar-refractivity contribution in [3.05, 3.63) is 0 Å². The summed E-state index contributed by atoms with van der Waals surface area (Å²) in [5.74, 6) is -0.265. The fourth-order valence-electron chi connectivity index (χ4n) is 1.50. The van der Waals surface area contributed by atoms with Gasteiger partial charge in [0.2, 0.25) is 0 Å². The van der Waals surface area contributed by atoms with Gasteiger partial charge in [-0.2, -0.15) is 0 Å². The maximum absolute atomic E-state index is 11.1. The van der Waals surface area contributed by atoms with Gasteiger partial charge in [0.15, 0.2) is 0 Å². The van der Waals surface area contributed by atoms with Gasteiger partial charge < -0.3 is 4.74 Å². The van der Waals surface area contributed by atoms with Crippen LogP contribution in [0.1, 0.15) is 32.1 Å². The van der Waals surface area contributed by atoms with Crippen LogP contribution in [0.4, 0.5) is 0 Å². The van der Waals surface area contributed by atoms with E-state index in [4.69, 9.17) is 11.6 Å². The number of carbonyl (C=O) groups excluding carboxylic acids is 1. The van der Waals surface area contributed by atoms with E-state index in [1.54, 1.807) is 0 Å². The van der Waals surface area contributed by atoms with Crippen LogP contribution >= 0.6 is 11.6 Å². The monoisotopic (exact) mass is 176 g/mol. The molecule has 0 aromatic carbocycles. The summed E-state index contributed by atoms with van der Waals surface area (Å²) in [7, 11) is 1.39. The van der Waals surface area contributed by atoms with Crippen molar-refractivity contribution in [2.75, 3.05) is 7.11 Å². The van der Waals surface area contributed by atoms with Crippen LogP contribution in [0.5, 0.6) is 0 Å². The minimum absolute atomic E-state index is 0.265. The Hall–Kier alpha value is -0.240. The number of carbonyl (C=O) groups is 1. The number of halogens is 1. The molecule has 1 aliphatic carbocycles. The highest BCUT2D eigenvalue weighted by atomic mass is 35.5. The van der Waals surface area contributed by atoms with E-state index in [-0.39, 0.29) is 5.97 Å². The molecule has 1 saturated carbocycles. The first-order chi connectivity index (χ1) is 5.19. The Bertz CT molecular complexity index is 150. The number of rotatable bonds is 1. The van der Waals surface area contributed by atoms with Crippen molar-refractivity contribution in [2.45, 2.75) is 37.0 Å². The molecule has 0 N–H and O–H groups in total. The quantitative estimate of drug-likeness (QED) is 0.452. The Morgan fingerprint density at radius 1 is 1.36 bits per heavy atom. The predicted molar refractivity (Wildman–Crippen MR) is 43.7 cm³/mol. The number of methoxy groups -OCH3 is 1. The molecule has 0 saturated heterocycles. The van der Waals surface area contributed by atoms with Crippen LogP contribution in [0.2, 0.25) is 0 Å². The maximum Gasteiger partial charge on any atom is 0.326 e. The maximum atomic E-state index is 11.1. The van der Waals surface area contributed by atoms with E-state index in [1.165, 1.54) is 13.5 Å². The number of hydrogen-bond donors (Lipinski definition) is 0. The molecule has 0 heterocycles. The van der Waals surface area contributed by atoms with Crippen molar-refractivity contribution in [1.29, 1.82) is 0 Å². The van der Waals surface area contributed by atoms with Crippen molar-refractivity contribution in [3.63, 3.8) is 0 Å². The fraction of sp³-hybridized carbons (Fsp3) is 0.875. The lowest BCUT2D eigenvalue weighted by molar-refractivity contribution is -0.144. The van der Waals surface area contributed by atoms with E-state index >= 15 is 0 Å². The number of hydrogen-bond acceptors (Lipinski definition) is 2. The largest absolute Gasteiger partial charge is 0.468 e. The Morgan fingerprint density at radius 2 is 1.91 bits per heavy atom. The van der Waals surface area contributed by atoms with E-state index < -0.39 is 4.87 Å². The first-order valence-electron chi connectivity index (χ1n) is 3.96. The van der Waals surface area contributed by atoms with Crippen LogP contribution in [0, 0.1) is 0 Å². The molecule has 1 rings (SSSR count). The first kappa shape index (κ1) is 8.85. The lowest BCUT2D eigenvalue weighted by Crippen LogP contribution is -2.35. The van der Waals surface area contributed by atoms with E-state index in [0.717, 1.165) is 25.7 Å². The van der Waals surface area contributed by atoms with E-state index in [1.807, 2.05) is 0 Å². The molecule has 11 heavy (non-hydrogen) atoms. The smallest absolute Gasteiger partial charge is 0.326 e. The third-order valence-electron chi connectivity index (χ3n) is 2.20. The summed E-state index contributed by atoms with van der Waals surface area (Å²) < 4.78 is 4.62. The standard InChI is InChI=1S/C8H13ClO2/c1-11-7(10)8(9)5-3-2-4-6-8/h2-6H2,1H3. The van der Waals surface area contributed by atoms with Crippen LogP contribution in [-0.4, -0.2) is 18.0 Å². The second-order valence-electron chi connectivity index (χ2n) is 3.02. The molecular formula is C8H13ClO2. The number of ether oxygens (including phenoxy) is 1. The van der Waals surface area contributed by atoms with Gasteiger partial charge in [0.05, 0.1) is 7.11 Å². The van der Waals surface area contributed by atoms with Gasteiger partial charge in [0.25, 0.3) is 0 Å². The molecule has 0 unspecified atom stereocenters. The highest BCUT2D eigenvalue weighted by molar-refractivity contribution is 6.34. The van der Waals surface area contributed by atoms with Gasteiger partial charge >= 0.3 is 5.97 Å². The molecular weight excluding hydrogens is 164 g/mol. The van der Waals surface area contributed by atoms with Crippen molar-refractivity contribution >= 4 is 17.6 Å². The van der Waals surface area contributed by atoms with E-state index in [0.29, 0.717) is 0 Å². The van der Waals surface area contributed by atoms with Crippen LogP contribution in [0.15, 0.2) is 0 Å². The van der Waals surface area contributed by atoms with Gasteiger partial charge in [-0.1, -0.05) is 19.3 Å². The van der Waals surface area contributed by atoms with Crippen LogP contribution < -0.4 is 0 Å². The average molecular weight is 177 g/mol. The summed E-state index contributed by atoms with van der Waals surface area (Å²) in [6.07, 6.45) is 4.80. The first-order valence-corrected chi connectivity index (χ1v) is 4.34. The predicted octanol–water partition coefficient (Wildman–Crippen LogP) is 2.10. The SMILES string of the molecule is COC(=O)C1(Cl)CCCCC1. The van der Waals surface area contributed by atoms with Crippen molar-refractivity contribution in [1.82, 2.24) is 0 Å². The molecule has 0 amide bonds. The summed E-state index contributed by atoms with van der Waals surface area (Å²) in [5.41, 5.74) is 0.